The molecule has 17 heavy (non-hydrogen) atoms. The van der Waals surface area contributed by atoms with E-state index in [-0.39, 0.29) is 17.5 Å². The first kappa shape index (κ1) is 11.9. The first-order chi connectivity index (χ1) is 8.08. The van der Waals surface area contributed by atoms with Crippen molar-refractivity contribution in [3.8, 4) is 0 Å². The maximum atomic E-state index is 13.2. The Morgan fingerprint density at radius 3 is 2.59 bits per heavy atom. The minimum atomic E-state index is -1.27. The zero-order chi connectivity index (χ0) is 12.4. The van der Waals surface area contributed by atoms with E-state index in [9.17, 15) is 18.0 Å². The maximum Gasteiger partial charge on any atom is 0.228 e. The summed E-state index contributed by atoms with van der Waals surface area (Å²) in [6, 6.07) is 1.06. The summed E-state index contributed by atoms with van der Waals surface area (Å²) in [5, 5.41) is 5.25. The third kappa shape index (κ3) is 2.58. The van der Waals surface area contributed by atoms with Gasteiger partial charge in [0.05, 0.1) is 11.6 Å². The minimum absolute atomic E-state index is 0.262. The second kappa shape index (κ2) is 4.75. The average Bonchev–Trinajstić information content (AvgIpc) is 2.79. The standard InChI is InChI=1S/C11H11F3N2O/c12-7-3-9(14)10(4-8(7)13)16-11(17)6-1-2-15-5-6/h3-4,6,15H,1-2,5H2,(H,16,17). The number of rotatable bonds is 2. The van der Waals surface area contributed by atoms with Gasteiger partial charge in [0.15, 0.2) is 11.6 Å². The number of anilines is 1. The topological polar surface area (TPSA) is 41.1 Å². The molecule has 3 nitrogen and oxygen atoms in total. The molecule has 0 bridgehead atoms. The van der Waals surface area contributed by atoms with Gasteiger partial charge < -0.3 is 10.6 Å². The Hall–Kier alpha value is -1.56. The molecule has 0 saturated carbocycles. The Morgan fingerprint density at radius 2 is 1.94 bits per heavy atom. The van der Waals surface area contributed by atoms with Crippen molar-refractivity contribution in [1.82, 2.24) is 5.32 Å². The van der Waals surface area contributed by atoms with Gasteiger partial charge >= 0.3 is 0 Å². The fourth-order valence-corrected chi connectivity index (χ4v) is 1.73. The van der Waals surface area contributed by atoms with Crippen LogP contribution in [0.4, 0.5) is 18.9 Å². The fourth-order valence-electron chi connectivity index (χ4n) is 1.73. The molecule has 1 aromatic carbocycles. The Kier molecular flexibility index (Phi) is 3.33. The Balaban J connectivity index is 2.12. The predicted octanol–water partition coefficient (Wildman–Crippen LogP) is 1.65. The fraction of sp³-hybridized carbons (Fsp3) is 0.364. The van der Waals surface area contributed by atoms with Crippen LogP contribution < -0.4 is 10.6 Å². The van der Waals surface area contributed by atoms with E-state index in [0.29, 0.717) is 25.1 Å². The van der Waals surface area contributed by atoms with Crippen LogP contribution >= 0.6 is 0 Å². The zero-order valence-corrected chi connectivity index (χ0v) is 8.90. The van der Waals surface area contributed by atoms with Crippen LogP contribution in [0.25, 0.3) is 0 Å². The van der Waals surface area contributed by atoms with Crippen LogP contribution in [0, 0.1) is 23.4 Å². The van der Waals surface area contributed by atoms with Crippen molar-refractivity contribution in [1.29, 1.82) is 0 Å². The van der Waals surface area contributed by atoms with Crippen molar-refractivity contribution in [2.45, 2.75) is 6.42 Å². The summed E-state index contributed by atoms with van der Waals surface area (Å²) in [5.74, 6) is -4.10. The number of hydrogen-bond donors (Lipinski definition) is 2. The first-order valence-corrected chi connectivity index (χ1v) is 5.24. The number of amides is 1. The van der Waals surface area contributed by atoms with Crippen LogP contribution in [0.5, 0.6) is 0 Å². The largest absolute Gasteiger partial charge is 0.323 e. The molecule has 0 spiro atoms. The van der Waals surface area contributed by atoms with E-state index in [1.165, 1.54) is 0 Å². The minimum Gasteiger partial charge on any atom is -0.323 e. The molecule has 1 aliphatic heterocycles. The molecular weight excluding hydrogens is 233 g/mol. The molecule has 0 radical (unpaired) electrons. The lowest BCUT2D eigenvalue weighted by Gasteiger charge is -2.10. The lowest BCUT2D eigenvalue weighted by atomic mass is 10.1. The molecule has 1 unspecified atom stereocenters. The average molecular weight is 244 g/mol. The highest BCUT2D eigenvalue weighted by atomic mass is 19.2. The summed E-state index contributed by atoms with van der Waals surface area (Å²) in [5.41, 5.74) is -0.333. The van der Waals surface area contributed by atoms with Crippen LogP contribution in [-0.2, 0) is 4.79 Å². The van der Waals surface area contributed by atoms with E-state index in [2.05, 4.69) is 10.6 Å². The van der Waals surface area contributed by atoms with Gasteiger partial charge in [-0.15, -0.1) is 0 Å². The number of carbonyl (C=O) groups excluding carboxylic acids is 1. The van der Waals surface area contributed by atoms with Crippen LogP contribution in [0.2, 0.25) is 0 Å². The van der Waals surface area contributed by atoms with Gasteiger partial charge in [0.1, 0.15) is 5.82 Å². The van der Waals surface area contributed by atoms with E-state index in [0.717, 1.165) is 6.54 Å². The second-order valence-electron chi connectivity index (χ2n) is 3.93. The SMILES string of the molecule is O=C(Nc1cc(F)c(F)cc1F)C1CCNC1. The van der Waals surface area contributed by atoms with Crippen molar-refractivity contribution in [3.05, 3.63) is 29.6 Å². The number of halogens is 3. The van der Waals surface area contributed by atoms with Crippen LogP contribution in [0.15, 0.2) is 12.1 Å². The van der Waals surface area contributed by atoms with Gasteiger partial charge in [-0.3, -0.25) is 4.79 Å². The third-order valence-corrected chi connectivity index (χ3v) is 2.70. The molecule has 1 aliphatic rings. The van der Waals surface area contributed by atoms with Gasteiger partial charge in [-0.25, -0.2) is 13.2 Å². The van der Waals surface area contributed by atoms with Crippen molar-refractivity contribution >= 4 is 11.6 Å². The van der Waals surface area contributed by atoms with E-state index in [4.69, 9.17) is 0 Å². The highest BCUT2D eigenvalue weighted by molar-refractivity contribution is 5.93. The molecule has 1 fully saturated rings. The molecule has 1 aromatic rings. The highest BCUT2D eigenvalue weighted by Crippen LogP contribution is 2.20. The van der Waals surface area contributed by atoms with Crippen molar-refractivity contribution in [3.63, 3.8) is 0 Å². The van der Waals surface area contributed by atoms with Gasteiger partial charge in [0.2, 0.25) is 5.91 Å². The molecule has 0 aromatic heterocycles. The zero-order valence-electron chi connectivity index (χ0n) is 8.90. The molecule has 2 rings (SSSR count). The van der Waals surface area contributed by atoms with Crippen molar-refractivity contribution in [2.24, 2.45) is 5.92 Å². The molecule has 2 N–H and O–H groups in total. The molecule has 6 heteroatoms. The molecule has 92 valence electrons. The Morgan fingerprint density at radius 1 is 1.24 bits per heavy atom. The van der Waals surface area contributed by atoms with Crippen LogP contribution in [0.3, 0.4) is 0 Å². The van der Waals surface area contributed by atoms with Gasteiger partial charge in [-0.1, -0.05) is 0 Å². The van der Waals surface area contributed by atoms with E-state index in [1.54, 1.807) is 0 Å². The van der Waals surface area contributed by atoms with E-state index >= 15 is 0 Å². The molecule has 1 amide bonds. The smallest absolute Gasteiger partial charge is 0.228 e. The van der Waals surface area contributed by atoms with Gasteiger partial charge in [0, 0.05) is 18.7 Å². The number of carbonyl (C=O) groups is 1. The molecular formula is C11H11F3N2O. The predicted molar refractivity (Wildman–Crippen MR) is 55.9 cm³/mol. The summed E-state index contributed by atoms with van der Waals surface area (Å²) in [4.78, 5) is 11.6. The lowest BCUT2D eigenvalue weighted by Crippen LogP contribution is -2.25. The summed E-state index contributed by atoms with van der Waals surface area (Å²) in [6.07, 6.45) is 0.650. The normalized spacial score (nSPS) is 19.4. The van der Waals surface area contributed by atoms with Gasteiger partial charge in [0.25, 0.3) is 0 Å². The van der Waals surface area contributed by atoms with Gasteiger partial charge in [-0.05, 0) is 13.0 Å². The van der Waals surface area contributed by atoms with E-state index in [1.807, 2.05) is 0 Å². The van der Waals surface area contributed by atoms with Crippen molar-refractivity contribution in [2.75, 3.05) is 18.4 Å². The van der Waals surface area contributed by atoms with Crippen LogP contribution in [0.1, 0.15) is 6.42 Å². The Labute approximate surface area is 96.0 Å². The summed E-state index contributed by atoms with van der Waals surface area (Å²) >= 11 is 0. The number of nitrogens with one attached hydrogen (secondary N) is 2. The first-order valence-electron chi connectivity index (χ1n) is 5.24. The van der Waals surface area contributed by atoms with Crippen LogP contribution in [-0.4, -0.2) is 19.0 Å². The highest BCUT2D eigenvalue weighted by Gasteiger charge is 2.23. The van der Waals surface area contributed by atoms with Crippen molar-refractivity contribution < 1.29 is 18.0 Å². The second-order valence-corrected chi connectivity index (χ2v) is 3.93. The molecule has 1 saturated heterocycles. The quantitative estimate of drug-likeness (QED) is 0.777. The monoisotopic (exact) mass is 244 g/mol. The number of hydrogen-bond acceptors (Lipinski definition) is 2. The van der Waals surface area contributed by atoms with E-state index < -0.39 is 17.5 Å². The summed E-state index contributed by atoms with van der Waals surface area (Å²) in [7, 11) is 0. The summed E-state index contributed by atoms with van der Waals surface area (Å²) < 4.78 is 38.8. The molecule has 0 aliphatic carbocycles. The van der Waals surface area contributed by atoms with Gasteiger partial charge in [-0.2, -0.15) is 0 Å². The number of benzene rings is 1. The summed E-state index contributed by atoms with van der Waals surface area (Å²) in [6.45, 7) is 1.23. The molecule has 1 heterocycles. The third-order valence-electron chi connectivity index (χ3n) is 2.70. The lowest BCUT2D eigenvalue weighted by molar-refractivity contribution is -0.119. The Bertz CT molecular complexity index is 445. The maximum absolute atomic E-state index is 13.2. The molecule has 1 atom stereocenters.